The first-order chi connectivity index (χ1) is 8.04. The van der Waals surface area contributed by atoms with E-state index in [0.717, 1.165) is 19.5 Å². The molecule has 1 aliphatic rings. The zero-order chi connectivity index (χ0) is 12.5. The van der Waals surface area contributed by atoms with Gasteiger partial charge in [0.1, 0.15) is 0 Å². The van der Waals surface area contributed by atoms with Gasteiger partial charge < -0.3 is 10.6 Å². The minimum atomic E-state index is 0.0684. The molecule has 1 atom stereocenters. The topological polar surface area (TPSA) is 46.3 Å². The number of nitrogens with zero attached hydrogens (tertiary/aromatic N) is 1. The van der Waals surface area contributed by atoms with Crippen molar-refractivity contribution in [3.05, 3.63) is 34.9 Å². The molecule has 3 nitrogen and oxygen atoms in total. The Labute approximate surface area is 107 Å². The molecule has 0 saturated carbocycles. The Morgan fingerprint density at radius 3 is 2.65 bits per heavy atom. The number of benzene rings is 1. The summed E-state index contributed by atoms with van der Waals surface area (Å²) in [4.78, 5) is 14.1. The largest absolute Gasteiger partial charge is 0.338 e. The van der Waals surface area contributed by atoms with Crippen molar-refractivity contribution in [2.75, 3.05) is 19.6 Å². The standard InChI is InChI=1S/C13H17ClN2O/c1-13(8-15)6-7-16(9-13)12(17)10-2-4-11(14)5-3-10/h2-5H,6-9,15H2,1H3. The number of amides is 1. The number of hydrogen-bond donors (Lipinski definition) is 1. The van der Waals surface area contributed by atoms with Crippen LogP contribution in [0.15, 0.2) is 24.3 Å². The van der Waals surface area contributed by atoms with Crippen LogP contribution in [0.25, 0.3) is 0 Å². The van der Waals surface area contributed by atoms with E-state index in [9.17, 15) is 4.79 Å². The average molecular weight is 253 g/mol. The molecule has 1 fully saturated rings. The second kappa shape index (κ2) is 4.67. The maximum Gasteiger partial charge on any atom is 0.253 e. The van der Waals surface area contributed by atoms with Gasteiger partial charge in [-0.1, -0.05) is 18.5 Å². The fraction of sp³-hybridized carbons (Fsp3) is 0.462. The molecule has 0 spiro atoms. The van der Waals surface area contributed by atoms with Crippen LogP contribution >= 0.6 is 11.6 Å². The summed E-state index contributed by atoms with van der Waals surface area (Å²) in [6.07, 6.45) is 0.975. The third-order valence-corrected chi connectivity index (χ3v) is 3.68. The Hall–Kier alpha value is -1.06. The van der Waals surface area contributed by atoms with Crippen LogP contribution in [0.2, 0.25) is 5.02 Å². The molecule has 1 saturated heterocycles. The van der Waals surface area contributed by atoms with E-state index in [4.69, 9.17) is 17.3 Å². The lowest BCUT2D eigenvalue weighted by atomic mass is 9.90. The second-order valence-corrected chi connectivity index (χ2v) is 5.43. The number of hydrogen-bond acceptors (Lipinski definition) is 2. The molecule has 1 aromatic rings. The Morgan fingerprint density at radius 2 is 2.12 bits per heavy atom. The van der Waals surface area contributed by atoms with Gasteiger partial charge in [-0.05, 0) is 42.6 Å². The molecule has 17 heavy (non-hydrogen) atoms. The lowest BCUT2D eigenvalue weighted by Gasteiger charge is -2.22. The minimum Gasteiger partial charge on any atom is -0.338 e. The summed E-state index contributed by atoms with van der Waals surface area (Å²) in [6.45, 7) is 4.28. The summed E-state index contributed by atoms with van der Waals surface area (Å²) in [5.74, 6) is 0.0684. The number of carbonyl (C=O) groups excluding carboxylic acids is 1. The Kier molecular flexibility index (Phi) is 3.40. The third-order valence-electron chi connectivity index (χ3n) is 3.43. The van der Waals surface area contributed by atoms with Gasteiger partial charge in [0, 0.05) is 23.7 Å². The molecule has 4 heteroatoms. The smallest absolute Gasteiger partial charge is 0.253 e. The molecule has 0 radical (unpaired) electrons. The lowest BCUT2D eigenvalue weighted by Crippen LogP contribution is -2.34. The van der Waals surface area contributed by atoms with E-state index in [1.54, 1.807) is 24.3 Å². The van der Waals surface area contributed by atoms with Gasteiger partial charge in [0.05, 0.1) is 0 Å². The summed E-state index contributed by atoms with van der Waals surface area (Å²) < 4.78 is 0. The number of likely N-dealkylation sites (tertiary alicyclic amines) is 1. The summed E-state index contributed by atoms with van der Waals surface area (Å²) >= 11 is 5.80. The summed E-state index contributed by atoms with van der Waals surface area (Å²) in [5, 5.41) is 0.648. The molecule has 0 aromatic heterocycles. The van der Waals surface area contributed by atoms with Gasteiger partial charge in [0.25, 0.3) is 5.91 Å². The van der Waals surface area contributed by atoms with Crippen molar-refractivity contribution in [1.29, 1.82) is 0 Å². The van der Waals surface area contributed by atoms with Crippen LogP contribution in [0, 0.1) is 5.41 Å². The highest BCUT2D eigenvalue weighted by Crippen LogP contribution is 2.29. The highest BCUT2D eigenvalue weighted by molar-refractivity contribution is 6.30. The maximum atomic E-state index is 12.2. The second-order valence-electron chi connectivity index (χ2n) is 5.00. The summed E-state index contributed by atoms with van der Waals surface area (Å²) in [7, 11) is 0. The van der Waals surface area contributed by atoms with E-state index in [1.165, 1.54) is 0 Å². The van der Waals surface area contributed by atoms with Gasteiger partial charge in [-0.3, -0.25) is 4.79 Å². The van der Waals surface area contributed by atoms with Crippen LogP contribution in [0.3, 0.4) is 0 Å². The van der Waals surface area contributed by atoms with Crippen LogP contribution in [0.4, 0.5) is 0 Å². The molecule has 92 valence electrons. The molecule has 1 aliphatic heterocycles. The first-order valence-corrected chi connectivity index (χ1v) is 6.17. The van der Waals surface area contributed by atoms with Crippen LogP contribution in [0.5, 0.6) is 0 Å². The van der Waals surface area contributed by atoms with Crippen molar-refractivity contribution >= 4 is 17.5 Å². The number of nitrogens with two attached hydrogens (primary N) is 1. The van der Waals surface area contributed by atoms with Crippen LogP contribution < -0.4 is 5.73 Å². The predicted octanol–water partition coefficient (Wildman–Crippen LogP) is 2.15. The van der Waals surface area contributed by atoms with E-state index in [1.807, 2.05) is 4.90 Å². The quantitative estimate of drug-likeness (QED) is 0.877. The van der Waals surface area contributed by atoms with Crippen molar-refractivity contribution in [3.8, 4) is 0 Å². The van der Waals surface area contributed by atoms with Gasteiger partial charge in [-0.25, -0.2) is 0 Å². The van der Waals surface area contributed by atoms with Gasteiger partial charge in [-0.15, -0.1) is 0 Å². The Balaban J connectivity index is 2.09. The highest BCUT2D eigenvalue weighted by Gasteiger charge is 2.35. The normalized spacial score (nSPS) is 24.1. The lowest BCUT2D eigenvalue weighted by molar-refractivity contribution is 0.0777. The highest BCUT2D eigenvalue weighted by atomic mass is 35.5. The fourth-order valence-electron chi connectivity index (χ4n) is 2.14. The molecule has 1 amide bonds. The summed E-state index contributed by atoms with van der Waals surface area (Å²) in [6, 6.07) is 7.02. The first-order valence-electron chi connectivity index (χ1n) is 5.79. The van der Waals surface area contributed by atoms with Gasteiger partial charge in [0.2, 0.25) is 0 Å². The van der Waals surface area contributed by atoms with Gasteiger partial charge >= 0.3 is 0 Å². The zero-order valence-electron chi connectivity index (χ0n) is 9.95. The fourth-order valence-corrected chi connectivity index (χ4v) is 2.26. The van der Waals surface area contributed by atoms with Gasteiger partial charge in [0.15, 0.2) is 0 Å². The zero-order valence-corrected chi connectivity index (χ0v) is 10.7. The summed E-state index contributed by atoms with van der Waals surface area (Å²) in [5.41, 5.74) is 6.50. The van der Waals surface area contributed by atoms with Crippen LogP contribution in [-0.4, -0.2) is 30.4 Å². The van der Waals surface area contributed by atoms with E-state index in [2.05, 4.69) is 6.92 Å². The third kappa shape index (κ3) is 2.61. The number of rotatable bonds is 2. The molecule has 0 aliphatic carbocycles. The Morgan fingerprint density at radius 1 is 1.47 bits per heavy atom. The average Bonchev–Trinajstić information content (AvgIpc) is 2.73. The maximum absolute atomic E-state index is 12.2. The van der Waals surface area contributed by atoms with Crippen molar-refractivity contribution in [2.24, 2.45) is 11.1 Å². The monoisotopic (exact) mass is 252 g/mol. The van der Waals surface area contributed by atoms with Crippen LogP contribution in [-0.2, 0) is 0 Å². The van der Waals surface area contributed by atoms with Crippen LogP contribution in [0.1, 0.15) is 23.7 Å². The molecule has 0 bridgehead atoms. The van der Waals surface area contributed by atoms with Crippen molar-refractivity contribution in [1.82, 2.24) is 4.90 Å². The molecule has 2 N–H and O–H groups in total. The molecular formula is C13H17ClN2O. The van der Waals surface area contributed by atoms with Crippen molar-refractivity contribution in [3.63, 3.8) is 0 Å². The predicted molar refractivity (Wildman–Crippen MR) is 69.1 cm³/mol. The molecular weight excluding hydrogens is 236 g/mol. The van der Waals surface area contributed by atoms with E-state index in [-0.39, 0.29) is 11.3 Å². The number of halogens is 1. The molecule has 2 rings (SSSR count). The van der Waals surface area contributed by atoms with Crippen molar-refractivity contribution < 1.29 is 4.79 Å². The van der Waals surface area contributed by atoms with E-state index in [0.29, 0.717) is 17.1 Å². The number of carbonyl (C=O) groups is 1. The Bertz CT molecular complexity index is 418. The SMILES string of the molecule is CC1(CN)CCN(C(=O)c2ccc(Cl)cc2)C1. The molecule has 1 unspecified atom stereocenters. The van der Waals surface area contributed by atoms with E-state index >= 15 is 0 Å². The first kappa shape index (κ1) is 12.4. The molecule has 1 aromatic carbocycles. The molecule has 1 heterocycles. The van der Waals surface area contributed by atoms with Gasteiger partial charge in [-0.2, -0.15) is 0 Å². The van der Waals surface area contributed by atoms with E-state index < -0.39 is 0 Å². The minimum absolute atomic E-state index is 0.0684. The van der Waals surface area contributed by atoms with Crippen molar-refractivity contribution in [2.45, 2.75) is 13.3 Å².